The number of carbonyl (C=O) groups is 1. The van der Waals surface area contributed by atoms with Crippen LogP contribution in [0.2, 0.25) is 0 Å². The number of halogens is 3. The maximum atomic E-state index is 13.4. The fourth-order valence-corrected chi connectivity index (χ4v) is 4.68. The van der Waals surface area contributed by atoms with Gasteiger partial charge in [-0.2, -0.15) is 18.4 Å². The van der Waals surface area contributed by atoms with E-state index in [0.717, 1.165) is 11.1 Å². The van der Waals surface area contributed by atoms with Crippen LogP contribution in [0.4, 0.5) is 24.7 Å². The van der Waals surface area contributed by atoms with E-state index in [4.69, 9.17) is 22.6 Å². The zero-order valence-electron chi connectivity index (χ0n) is 16.0. The van der Waals surface area contributed by atoms with Gasteiger partial charge in [0.25, 0.3) is 15.9 Å². The molecule has 2 aromatic rings. The molecule has 1 saturated carbocycles. The van der Waals surface area contributed by atoms with Crippen molar-refractivity contribution in [3.8, 4) is 6.07 Å². The van der Waals surface area contributed by atoms with Gasteiger partial charge in [0.1, 0.15) is 17.4 Å². The number of primary sulfonamides is 1. The molecule has 1 aliphatic heterocycles. The highest BCUT2D eigenvalue weighted by atomic mass is 32.2. The first kappa shape index (κ1) is 22.1. The summed E-state index contributed by atoms with van der Waals surface area (Å²) < 4.78 is 63.6. The summed E-state index contributed by atoms with van der Waals surface area (Å²) in [5.74, 6) is -0.564. The van der Waals surface area contributed by atoms with Crippen molar-refractivity contribution in [2.24, 2.45) is 5.14 Å². The van der Waals surface area contributed by atoms with E-state index < -0.39 is 43.9 Å². The van der Waals surface area contributed by atoms with Crippen LogP contribution in [0.25, 0.3) is 0 Å². The first-order valence-electron chi connectivity index (χ1n) is 9.06. The molecule has 1 spiro atoms. The molecule has 4 rings (SSSR count). The van der Waals surface area contributed by atoms with Crippen molar-refractivity contribution in [3.63, 3.8) is 0 Å². The van der Waals surface area contributed by atoms with Crippen LogP contribution in [0.5, 0.6) is 0 Å². The zero-order chi connectivity index (χ0) is 23.5. The molecule has 0 atom stereocenters. The lowest BCUT2D eigenvalue weighted by molar-refractivity contribution is -0.138. The minimum Gasteiger partial charge on any atom is -0.287 e. The van der Waals surface area contributed by atoms with Crippen LogP contribution in [0.1, 0.15) is 30.5 Å². The molecule has 2 aliphatic rings. The van der Waals surface area contributed by atoms with Gasteiger partial charge in [0, 0.05) is 0 Å². The molecule has 3 heterocycles. The number of hydrogen-bond donors (Lipinski definition) is 1. The van der Waals surface area contributed by atoms with E-state index in [0.29, 0.717) is 25.3 Å². The number of amides is 1. The number of aromatic nitrogens is 2. The maximum Gasteiger partial charge on any atom is 0.419 e. The van der Waals surface area contributed by atoms with Gasteiger partial charge in [-0.3, -0.25) is 14.6 Å². The van der Waals surface area contributed by atoms with Crippen molar-refractivity contribution in [2.75, 3.05) is 9.80 Å². The summed E-state index contributed by atoms with van der Waals surface area (Å²) in [6.45, 7) is 0. The molecule has 0 radical (unpaired) electrons. The Labute approximate surface area is 185 Å². The van der Waals surface area contributed by atoms with E-state index >= 15 is 0 Å². The number of rotatable bonds is 3. The van der Waals surface area contributed by atoms with Gasteiger partial charge >= 0.3 is 6.18 Å². The summed E-state index contributed by atoms with van der Waals surface area (Å²) in [6.07, 6.45) is -2.61. The zero-order valence-corrected chi connectivity index (χ0v) is 17.6. The molecular formula is C18H13F3N6O3S2. The van der Waals surface area contributed by atoms with Gasteiger partial charge < -0.3 is 0 Å². The minimum atomic E-state index is -4.88. The summed E-state index contributed by atoms with van der Waals surface area (Å²) >= 11 is 5.42. The molecule has 0 unspecified atom stereocenters. The largest absolute Gasteiger partial charge is 0.419 e. The van der Waals surface area contributed by atoms with E-state index in [1.165, 1.54) is 29.2 Å². The molecule has 2 aromatic heterocycles. The standard InChI is InChI=1S/C18H13F3N6O3S2/c19-18(20,21)11-7-10(9-24-12(11)8-22)26-15(28)17(5-2-6-17)27(16(26)31)13-3-1-4-14(25-13)32(23,29)30/h1,3-4,7,9H,2,5-6H2,(H2,23,29,30). The van der Waals surface area contributed by atoms with Gasteiger partial charge in [0.05, 0.1) is 17.4 Å². The molecule has 1 amide bonds. The fourth-order valence-electron chi connectivity index (χ4n) is 3.74. The first-order chi connectivity index (χ1) is 14.9. The number of sulfonamides is 1. The van der Waals surface area contributed by atoms with Gasteiger partial charge in [-0.15, -0.1) is 0 Å². The van der Waals surface area contributed by atoms with Crippen molar-refractivity contribution < 1.29 is 26.4 Å². The van der Waals surface area contributed by atoms with Crippen molar-refractivity contribution >= 4 is 44.8 Å². The monoisotopic (exact) mass is 482 g/mol. The van der Waals surface area contributed by atoms with Gasteiger partial charge in [-0.1, -0.05) is 6.07 Å². The lowest BCUT2D eigenvalue weighted by atomic mass is 9.75. The van der Waals surface area contributed by atoms with E-state index in [1.807, 2.05) is 0 Å². The van der Waals surface area contributed by atoms with Crippen LogP contribution in [0.3, 0.4) is 0 Å². The first-order valence-corrected chi connectivity index (χ1v) is 11.0. The highest BCUT2D eigenvalue weighted by molar-refractivity contribution is 7.89. The third kappa shape index (κ3) is 3.29. The Morgan fingerprint density at radius 2 is 1.97 bits per heavy atom. The predicted molar refractivity (Wildman–Crippen MR) is 109 cm³/mol. The molecule has 2 fully saturated rings. The quantitative estimate of drug-likeness (QED) is 0.658. The SMILES string of the molecule is N#Cc1ncc(N2C(=O)C3(CCC3)N(c3cccc(S(N)(=O)=O)n3)C2=S)cc1C(F)(F)F. The van der Waals surface area contributed by atoms with Gasteiger partial charge in [-0.05, 0) is 49.7 Å². The Morgan fingerprint density at radius 3 is 2.50 bits per heavy atom. The molecule has 2 N–H and O–H groups in total. The Balaban J connectivity index is 1.84. The summed E-state index contributed by atoms with van der Waals surface area (Å²) in [5.41, 5.74) is -3.62. The van der Waals surface area contributed by atoms with Crippen LogP contribution in [-0.2, 0) is 21.0 Å². The molecule has 1 saturated heterocycles. The fraction of sp³-hybridized carbons (Fsp3) is 0.278. The Kier molecular flexibility index (Phi) is 4.96. The predicted octanol–water partition coefficient (Wildman–Crippen LogP) is 2.08. The number of carbonyl (C=O) groups excluding carboxylic acids is 1. The second-order valence-electron chi connectivity index (χ2n) is 7.22. The molecule has 1 aliphatic carbocycles. The third-order valence-electron chi connectivity index (χ3n) is 5.36. The number of alkyl halides is 3. The van der Waals surface area contributed by atoms with E-state index in [-0.39, 0.29) is 16.6 Å². The van der Waals surface area contributed by atoms with E-state index in [2.05, 4.69) is 9.97 Å². The highest BCUT2D eigenvalue weighted by Gasteiger charge is 2.60. The van der Waals surface area contributed by atoms with Crippen LogP contribution >= 0.6 is 12.2 Å². The van der Waals surface area contributed by atoms with Crippen LogP contribution in [0, 0.1) is 11.3 Å². The second-order valence-corrected chi connectivity index (χ2v) is 9.10. The Bertz CT molecular complexity index is 1300. The smallest absolute Gasteiger partial charge is 0.287 e. The number of nitrogens with zero attached hydrogens (tertiary/aromatic N) is 5. The van der Waals surface area contributed by atoms with Crippen LogP contribution < -0.4 is 14.9 Å². The number of nitrogens with two attached hydrogens (primary N) is 1. The maximum absolute atomic E-state index is 13.4. The number of anilines is 2. The minimum absolute atomic E-state index is 0.0229. The number of nitriles is 1. The lowest BCUT2D eigenvalue weighted by Gasteiger charge is -2.42. The van der Waals surface area contributed by atoms with E-state index in [9.17, 15) is 26.4 Å². The third-order valence-corrected chi connectivity index (χ3v) is 6.54. The van der Waals surface area contributed by atoms with Gasteiger partial charge in [0.2, 0.25) is 0 Å². The van der Waals surface area contributed by atoms with Gasteiger partial charge in [0.15, 0.2) is 15.8 Å². The van der Waals surface area contributed by atoms with Crippen LogP contribution in [0.15, 0.2) is 35.5 Å². The topological polar surface area (TPSA) is 133 Å². The lowest BCUT2D eigenvalue weighted by Crippen LogP contribution is -2.55. The van der Waals surface area contributed by atoms with Crippen molar-refractivity contribution in [3.05, 3.63) is 41.7 Å². The molecule has 32 heavy (non-hydrogen) atoms. The average molecular weight is 482 g/mol. The molecular weight excluding hydrogens is 469 g/mol. The summed E-state index contributed by atoms with van der Waals surface area (Å²) in [4.78, 5) is 23.2. The molecule has 0 aromatic carbocycles. The average Bonchev–Trinajstić information content (AvgIpc) is 2.93. The van der Waals surface area contributed by atoms with Crippen LogP contribution in [-0.4, -0.2) is 34.9 Å². The highest BCUT2D eigenvalue weighted by Crippen LogP contribution is 2.47. The Morgan fingerprint density at radius 1 is 1.28 bits per heavy atom. The normalized spacial score (nSPS) is 18.1. The molecule has 0 bridgehead atoms. The number of thiocarbonyl (C=S) groups is 1. The summed E-state index contributed by atoms with van der Waals surface area (Å²) in [7, 11) is -4.15. The molecule has 166 valence electrons. The summed E-state index contributed by atoms with van der Waals surface area (Å²) in [5, 5.41) is 13.5. The molecule has 9 nitrogen and oxygen atoms in total. The van der Waals surface area contributed by atoms with Crippen molar-refractivity contribution in [1.82, 2.24) is 9.97 Å². The van der Waals surface area contributed by atoms with Crippen molar-refractivity contribution in [2.45, 2.75) is 36.0 Å². The van der Waals surface area contributed by atoms with Crippen molar-refractivity contribution in [1.29, 1.82) is 5.26 Å². The van der Waals surface area contributed by atoms with Gasteiger partial charge in [-0.25, -0.2) is 23.5 Å². The van der Waals surface area contributed by atoms with E-state index in [1.54, 1.807) is 0 Å². The Hall–Kier alpha value is -3.15. The summed E-state index contributed by atoms with van der Waals surface area (Å²) in [6, 6.07) is 5.99. The second kappa shape index (κ2) is 7.19. The number of hydrogen-bond acceptors (Lipinski definition) is 7. The number of pyridine rings is 2. The molecule has 14 heteroatoms.